The zero-order valence-corrected chi connectivity index (χ0v) is 16.4. The summed E-state index contributed by atoms with van der Waals surface area (Å²) in [6.45, 7) is 4.85. The molecule has 0 N–H and O–H groups in total. The highest BCUT2D eigenvalue weighted by Gasteiger charge is 2.36. The number of rotatable bonds is 5. The molecule has 0 atom stereocenters. The van der Waals surface area contributed by atoms with Gasteiger partial charge >= 0.3 is 0 Å². The van der Waals surface area contributed by atoms with Crippen molar-refractivity contribution in [1.82, 2.24) is 19.2 Å². The quantitative estimate of drug-likeness (QED) is 0.721. The van der Waals surface area contributed by atoms with Gasteiger partial charge in [0.2, 0.25) is 0 Å². The third-order valence-corrected chi connectivity index (χ3v) is 6.27. The fourth-order valence-electron chi connectivity index (χ4n) is 3.83. The number of nitrogens with zero attached hydrogens (tertiary/aromatic N) is 5. The summed E-state index contributed by atoms with van der Waals surface area (Å²) in [5.74, 6) is 1.90. The monoisotopic (exact) mass is 389 g/mol. The Morgan fingerprint density at radius 2 is 1.85 bits per heavy atom. The maximum Gasteiger partial charge on any atom is 0.199 e. The van der Waals surface area contributed by atoms with Gasteiger partial charge in [0.1, 0.15) is 5.82 Å². The minimum atomic E-state index is 0.617. The van der Waals surface area contributed by atoms with E-state index in [0.717, 1.165) is 42.6 Å². The number of hydrogen-bond acceptors (Lipinski definition) is 4. The van der Waals surface area contributed by atoms with E-state index in [1.165, 1.54) is 37.2 Å². The fourth-order valence-corrected chi connectivity index (χ4v) is 4.36. The Morgan fingerprint density at radius 3 is 2.50 bits per heavy atom. The lowest BCUT2D eigenvalue weighted by molar-refractivity contribution is 0.194. The van der Waals surface area contributed by atoms with Crippen LogP contribution in [0.3, 0.4) is 0 Å². The Labute approximate surface area is 164 Å². The molecule has 3 fully saturated rings. The highest BCUT2D eigenvalue weighted by molar-refractivity contribution is 7.71. The van der Waals surface area contributed by atoms with Crippen molar-refractivity contribution in [2.45, 2.75) is 44.3 Å². The lowest BCUT2D eigenvalue weighted by Gasteiger charge is -2.35. The van der Waals surface area contributed by atoms with E-state index in [4.69, 9.17) is 28.9 Å². The highest BCUT2D eigenvalue weighted by atomic mass is 35.5. The van der Waals surface area contributed by atoms with Crippen LogP contribution in [0, 0.1) is 4.77 Å². The molecule has 2 heterocycles. The largest absolute Gasteiger partial charge is 0.369 e. The van der Waals surface area contributed by atoms with Gasteiger partial charge in [0, 0.05) is 48.8 Å². The lowest BCUT2D eigenvalue weighted by Crippen LogP contribution is -2.47. The van der Waals surface area contributed by atoms with E-state index < -0.39 is 0 Å². The van der Waals surface area contributed by atoms with Gasteiger partial charge in [0.05, 0.1) is 6.67 Å². The molecule has 2 aromatic rings. The Morgan fingerprint density at radius 1 is 1.08 bits per heavy atom. The van der Waals surface area contributed by atoms with Gasteiger partial charge in [-0.3, -0.25) is 4.90 Å². The number of benzene rings is 1. The zero-order valence-electron chi connectivity index (χ0n) is 14.9. The van der Waals surface area contributed by atoms with Crippen LogP contribution < -0.4 is 4.90 Å². The van der Waals surface area contributed by atoms with E-state index in [0.29, 0.717) is 12.0 Å². The molecule has 7 heteroatoms. The molecule has 2 aliphatic carbocycles. The molecule has 2 saturated carbocycles. The van der Waals surface area contributed by atoms with E-state index in [-0.39, 0.29) is 0 Å². The first-order chi connectivity index (χ1) is 12.7. The summed E-state index contributed by atoms with van der Waals surface area (Å²) in [6, 6.07) is 8.75. The van der Waals surface area contributed by atoms with Crippen LogP contribution in [0.2, 0.25) is 5.02 Å². The third-order valence-electron chi connectivity index (χ3n) is 5.63. The molecular weight excluding hydrogens is 366 g/mol. The molecule has 0 unspecified atom stereocenters. The van der Waals surface area contributed by atoms with Gasteiger partial charge in [0.25, 0.3) is 0 Å². The van der Waals surface area contributed by atoms with E-state index in [2.05, 4.69) is 25.1 Å². The SMILES string of the molecule is S=c1n(CN2CCN(c3cccc(Cl)c3)CC2)nc(C2CC2)n1C1CC1. The van der Waals surface area contributed by atoms with Gasteiger partial charge in [-0.25, -0.2) is 4.68 Å². The average Bonchev–Trinajstić information content (AvgIpc) is 3.55. The van der Waals surface area contributed by atoms with E-state index >= 15 is 0 Å². The predicted molar refractivity (Wildman–Crippen MR) is 107 cm³/mol. The van der Waals surface area contributed by atoms with Crippen molar-refractivity contribution in [2.75, 3.05) is 31.1 Å². The summed E-state index contributed by atoms with van der Waals surface area (Å²) in [4.78, 5) is 4.86. The fraction of sp³-hybridized carbons (Fsp3) is 0.579. The number of hydrogen-bond donors (Lipinski definition) is 0. The van der Waals surface area contributed by atoms with Crippen molar-refractivity contribution in [3.8, 4) is 0 Å². The second kappa shape index (κ2) is 6.66. The Hall–Kier alpha value is -1.37. The second-order valence-corrected chi connectivity index (χ2v) is 8.54. The highest BCUT2D eigenvalue weighted by Crippen LogP contribution is 2.44. The topological polar surface area (TPSA) is 29.2 Å². The lowest BCUT2D eigenvalue weighted by atomic mass is 10.2. The first-order valence-corrected chi connectivity index (χ1v) is 10.4. The molecule has 5 nitrogen and oxygen atoms in total. The van der Waals surface area contributed by atoms with Crippen molar-refractivity contribution >= 4 is 29.5 Å². The van der Waals surface area contributed by atoms with Gasteiger partial charge in [0.15, 0.2) is 4.77 Å². The summed E-state index contributed by atoms with van der Waals surface area (Å²) in [5.41, 5.74) is 1.21. The standard InChI is InChI=1S/C19H24ClN5S/c20-15-2-1-3-17(12-15)23-10-8-22(9-11-23)13-24-19(26)25(16-6-7-16)18(21-24)14-4-5-14/h1-3,12,14,16H,4-11,13H2. The minimum absolute atomic E-state index is 0.617. The third kappa shape index (κ3) is 3.30. The molecular formula is C19H24ClN5S. The molecule has 0 bridgehead atoms. The summed E-state index contributed by atoms with van der Waals surface area (Å²) in [7, 11) is 0. The second-order valence-electron chi connectivity index (χ2n) is 7.74. The number of anilines is 1. The van der Waals surface area contributed by atoms with Gasteiger partial charge in [-0.1, -0.05) is 17.7 Å². The van der Waals surface area contributed by atoms with E-state index in [1.807, 2.05) is 18.2 Å². The molecule has 1 aromatic carbocycles. The summed E-state index contributed by atoms with van der Waals surface area (Å²) in [5, 5.41) is 5.72. The van der Waals surface area contributed by atoms with Crippen molar-refractivity contribution < 1.29 is 0 Å². The predicted octanol–water partition coefficient (Wildman–Crippen LogP) is 4.06. The van der Waals surface area contributed by atoms with Gasteiger partial charge in [-0.15, -0.1) is 0 Å². The van der Waals surface area contributed by atoms with Crippen molar-refractivity contribution in [2.24, 2.45) is 0 Å². The average molecular weight is 390 g/mol. The smallest absolute Gasteiger partial charge is 0.199 e. The normalized spacial score (nSPS) is 21.3. The molecule has 0 radical (unpaired) electrons. The minimum Gasteiger partial charge on any atom is -0.369 e. The van der Waals surface area contributed by atoms with E-state index in [9.17, 15) is 0 Å². The maximum absolute atomic E-state index is 6.13. The Bertz CT molecular complexity index is 859. The number of halogens is 1. The van der Waals surface area contributed by atoms with Crippen LogP contribution in [0.25, 0.3) is 0 Å². The zero-order chi connectivity index (χ0) is 17.7. The molecule has 26 heavy (non-hydrogen) atoms. The molecule has 3 aliphatic rings. The first kappa shape index (κ1) is 16.8. The summed E-state index contributed by atoms with van der Waals surface area (Å²) < 4.78 is 5.35. The van der Waals surface area contributed by atoms with Crippen LogP contribution in [-0.4, -0.2) is 45.4 Å². The first-order valence-electron chi connectivity index (χ1n) is 9.61. The molecule has 0 spiro atoms. The van der Waals surface area contributed by atoms with Crippen LogP contribution in [-0.2, 0) is 6.67 Å². The van der Waals surface area contributed by atoms with Crippen LogP contribution in [0.1, 0.15) is 43.5 Å². The van der Waals surface area contributed by atoms with Crippen LogP contribution in [0.4, 0.5) is 5.69 Å². The van der Waals surface area contributed by atoms with Gasteiger partial charge in [-0.2, -0.15) is 5.10 Å². The molecule has 1 saturated heterocycles. The maximum atomic E-state index is 6.13. The van der Waals surface area contributed by atoms with Crippen LogP contribution in [0.15, 0.2) is 24.3 Å². The summed E-state index contributed by atoms with van der Waals surface area (Å²) in [6.07, 6.45) is 5.07. The van der Waals surface area contributed by atoms with Crippen molar-refractivity contribution in [3.05, 3.63) is 39.9 Å². The summed E-state index contributed by atoms with van der Waals surface area (Å²) >= 11 is 11.9. The van der Waals surface area contributed by atoms with Gasteiger partial charge < -0.3 is 9.47 Å². The van der Waals surface area contributed by atoms with Crippen molar-refractivity contribution in [1.29, 1.82) is 0 Å². The molecule has 5 rings (SSSR count). The van der Waals surface area contributed by atoms with Crippen LogP contribution >= 0.6 is 23.8 Å². The molecule has 138 valence electrons. The number of piperazine rings is 1. The van der Waals surface area contributed by atoms with Gasteiger partial charge in [-0.05, 0) is 56.1 Å². The molecule has 0 amide bonds. The molecule has 1 aliphatic heterocycles. The Balaban J connectivity index is 1.27. The number of aromatic nitrogens is 3. The Kier molecular flexibility index (Phi) is 4.30. The van der Waals surface area contributed by atoms with Crippen LogP contribution in [0.5, 0.6) is 0 Å². The van der Waals surface area contributed by atoms with Crippen molar-refractivity contribution in [3.63, 3.8) is 0 Å². The molecule has 1 aromatic heterocycles. The van der Waals surface area contributed by atoms with E-state index in [1.54, 1.807) is 0 Å².